The number of unbranched alkanes of at least 4 members (excludes halogenated alkanes) is 7. The summed E-state index contributed by atoms with van der Waals surface area (Å²) in [6.07, 6.45) is 11.4. The lowest BCUT2D eigenvalue weighted by atomic mass is 10.1. The minimum atomic E-state index is -0.139. The second kappa shape index (κ2) is 18.2. The summed E-state index contributed by atoms with van der Waals surface area (Å²) in [7, 11) is 0. The minimum absolute atomic E-state index is 0.0709. The highest BCUT2D eigenvalue weighted by atomic mass is 16.6. The minimum Gasteiger partial charge on any atom is -0.463 e. The summed E-state index contributed by atoms with van der Waals surface area (Å²) in [6.45, 7) is 5.91. The third-order valence-corrected chi connectivity index (χ3v) is 3.80. The Balaban J connectivity index is 3.24. The number of esters is 1. The second-order valence-electron chi connectivity index (χ2n) is 6.16. The molecule has 5 nitrogen and oxygen atoms in total. The van der Waals surface area contributed by atoms with Gasteiger partial charge < -0.3 is 14.8 Å². The fraction of sp³-hybridized carbons (Fsp3) is 0.895. The highest BCUT2D eigenvalue weighted by Crippen LogP contribution is 2.08. The van der Waals surface area contributed by atoms with Crippen molar-refractivity contribution >= 4 is 11.9 Å². The third kappa shape index (κ3) is 17.3. The van der Waals surface area contributed by atoms with E-state index in [1.807, 2.05) is 0 Å². The molecular formula is C19H37NO4. The largest absolute Gasteiger partial charge is 0.463 e. The smallest absolute Gasteiger partial charge is 0.305 e. The third-order valence-electron chi connectivity index (χ3n) is 3.80. The molecule has 0 unspecified atom stereocenters. The molecule has 1 amide bonds. The summed E-state index contributed by atoms with van der Waals surface area (Å²) in [4.78, 5) is 22.9. The van der Waals surface area contributed by atoms with E-state index in [9.17, 15) is 9.59 Å². The zero-order valence-corrected chi connectivity index (χ0v) is 15.7. The fourth-order valence-corrected chi connectivity index (χ4v) is 2.30. The molecule has 5 heteroatoms. The zero-order chi connectivity index (χ0) is 17.9. The maximum Gasteiger partial charge on any atom is 0.305 e. The van der Waals surface area contributed by atoms with Crippen molar-refractivity contribution in [3.05, 3.63) is 0 Å². The van der Waals surface area contributed by atoms with Gasteiger partial charge in [-0.1, -0.05) is 58.8 Å². The van der Waals surface area contributed by atoms with E-state index in [2.05, 4.69) is 19.2 Å². The van der Waals surface area contributed by atoms with Crippen molar-refractivity contribution < 1.29 is 19.1 Å². The van der Waals surface area contributed by atoms with Gasteiger partial charge in [0.1, 0.15) is 6.61 Å². The maximum absolute atomic E-state index is 11.5. The van der Waals surface area contributed by atoms with Crippen molar-refractivity contribution in [2.24, 2.45) is 0 Å². The first-order valence-corrected chi connectivity index (χ1v) is 9.70. The lowest BCUT2D eigenvalue weighted by molar-refractivity contribution is -0.145. The van der Waals surface area contributed by atoms with Crippen LogP contribution in [0.3, 0.4) is 0 Å². The van der Waals surface area contributed by atoms with Crippen LogP contribution in [0.2, 0.25) is 0 Å². The molecule has 0 saturated heterocycles. The number of carbonyl (C=O) groups excluding carboxylic acids is 2. The summed E-state index contributed by atoms with van der Waals surface area (Å²) < 4.78 is 10.4. The van der Waals surface area contributed by atoms with E-state index < -0.39 is 0 Å². The normalized spacial score (nSPS) is 10.6. The topological polar surface area (TPSA) is 64.6 Å². The molecule has 1 N–H and O–H groups in total. The van der Waals surface area contributed by atoms with Crippen LogP contribution in [-0.2, 0) is 19.1 Å². The Hall–Kier alpha value is -1.10. The summed E-state index contributed by atoms with van der Waals surface area (Å²) in [5.74, 6) is -0.0680. The van der Waals surface area contributed by atoms with Crippen LogP contribution >= 0.6 is 0 Å². The Kier molecular flexibility index (Phi) is 17.4. The van der Waals surface area contributed by atoms with Crippen LogP contribution in [0.1, 0.15) is 84.5 Å². The van der Waals surface area contributed by atoms with Gasteiger partial charge in [0.2, 0.25) is 5.91 Å². The van der Waals surface area contributed by atoms with Gasteiger partial charge >= 0.3 is 5.97 Å². The number of carbonyl (C=O) groups is 2. The first kappa shape index (κ1) is 22.9. The van der Waals surface area contributed by atoms with E-state index in [1.54, 1.807) is 0 Å². The molecule has 0 rings (SSSR count). The molecule has 24 heavy (non-hydrogen) atoms. The van der Waals surface area contributed by atoms with Gasteiger partial charge in [-0.2, -0.15) is 0 Å². The number of hydrogen-bond donors (Lipinski definition) is 1. The lowest BCUT2D eigenvalue weighted by Gasteiger charge is -2.07. The molecule has 0 aromatic heterocycles. The van der Waals surface area contributed by atoms with Crippen molar-refractivity contribution in [3.63, 3.8) is 0 Å². The first-order valence-electron chi connectivity index (χ1n) is 9.70. The highest BCUT2D eigenvalue weighted by molar-refractivity contribution is 5.75. The number of nitrogens with one attached hydrogen (secondary N) is 1. The van der Waals surface area contributed by atoms with Crippen LogP contribution in [0.25, 0.3) is 0 Å². The van der Waals surface area contributed by atoms with E-state index in [-0.39, 0.29) is 11.9 Å². The van der Waals surface area contributed by atoms with Gasteiger partial charge in [-0.05, 0) is 12.8 Å². The monoisotopic (exact) mass is 343 g/mol. The van der Waals surface area contributed by atoms with Crippen molar-refractivity contribution in [1.82, 2.24) is 5.32 Å². The van der Waals surface area contributed by atoms with E-state index in [0.717, 1.165) is 25.7 Å². The zero-order valence-electron chi connectivity index (χ0n) is 15.7. The number of amides is 1. The number of ether oxygens (including phenoxy) is 2. The molecule has 0 fully saturated rings. The van der Waals surface area contributed by atoms with Crippen LogP contribution in [-0.4, -0.2) is 38.2 Å². The molecule has 0 aliphatic carbocycles. The summed E-state index contributed by atoms with van der Waals surface area (Å²) >= 11 is 0. The van der Waals surface area contributed by atoms with E-state index >= 15 is 0 Å². The van der Waals surface area contributed by atoms with Gasteiger partial charge in [0.05, 0.1) is 13.2 Å². The van der Waals surface area contributed by atoms with Crippen molar-refractivity contribution in [3.8, 4) is 0 Å². The van der Waals surface area contributed by atoms with Crippen molar-refractivity contribution in [2.75, 3.05) is 26.4 Å². The van der Waals surface area contributed by atoms with E-state index in [4.69, 9.17) is 9.47 Å². The Morgan fingerprint density at radius 2 is 1.42 bits per heavy atom. The van der Waals surface area contributed by atoms with Gasteiger partial charge in [0, 0.05) is 19.4 Å². The lowest BCUT2D eigenvalue weighted by Crippen LogP contribution is -2.27. The Labute approximate surface area is 147 Å². The molecule has 0 radical (unpaired) electrons. The van der Waals surface area contributed by atoms with Gasteiger partial charge in [-0.3, -0.25) is 9.59 Å². The Morgan fingerprint density at radius 3 is 2.12 bits per heavy atom. The van der Waals surface area contributed by atoms with Crippen molar-refractivity contribution in [2.45, 2.75) is 84.5 Å². The number of hydrogen-bond acceptors (Lipinski definition) is 4. The Bertz CT molecular complexity index is 308. The molecule has 0 atom stereocenters. The van der Waals surface area contributed by atoms with Gasteiger partial charge in [-0.25, -0.2) is 0 Å². The molecule has 0 aromatic carbocycles. The molecule has 0 spiro atoms. The van der Waals surface area contributed by atoms with Crippen LogP contribution in [0, 0.1) is 0 Å². The van der Waals surface area contributed by atoms with Crippen LogP contribution in [0.5, 0.6) is 0 Å². The molecule has 0 aromatic rings. The fourth-order valence-electron chi connectivity index (χ4n) is 2.30. The van der Waals surface area contributed by atoms with Gasteiger partial charge in [0.25, 0.3) is 0 Å². The van der Waals surface area contributed by atoms with Gasteiger partial charge in [0.15, 0.2) is 0 Å². The molecule has 0 bridgehead atoms. The van der Waals surface area contributed by atoms with Crippen LogP contribution in [0.4, 0.5) is 0 Å². The molecular weight excluding hydrogens is 306 g/mol. The molecule has 0 aliphatic heterocycles. The maximum atomic E-state index is 11.5. The predicted molar refractivity (Wildman–Crippen MR) is 96.9 cm³/mol. The average molecular weight is 344 g/mol. The summed E-state index contributed by atoms with van der Waals surface area (Å²) in [5.41, 5.74) is 0. The first-order chi connectivity index (χ1) is 11.7. The van der Waals surface area contributed by atoms with Crippen LogP contribution < -0.4 is 5.32 Å². The second-order valence-corrected chi connectivity index (χ2v) is 6.16. The van der Waals surface area contributed by atoms with E-state index in [0.29, 0.717) is 39.2 Å². The molecule has 0 aliphatic rings. The van der Waals surface area contributed by atoms with E-state index in [1.165, 1.54) is 32.1 Å². The average Bonchev–Trinajstić information content (AvgIpc) is 2.58. The van der Waals surface area contributed by atoms with Crippen molar-refractivity contribution in [1.29, 1.82) is 0 Å². The quantitative estimate of drug-likeness (QED) is 0.320. The molecule has 0 heterocycles. The standard InChI is InChI=1S/C19H37NO4/c1-3-5-7-8-9-10-11-13-19(22)24-17-16-23-15-14-20-18(21)12-6-4-2/h3-17H2,1-2H3,(H,20,21). The SMILES string of the molecule is CCCCCCCCCC(=O)OCCOCCNC(=O)CCCC. The number of rotatable bonds is 17. The molecule has 142 valence electrons. The highest BCUT2D eigenvalue weighted by Gasteiger charge is 2.03. The van der Waals surface area contributed by atoms with Gasteiger partial charge in [-0.15, -0.1) is 0 Å². The van der Waals surface area contributed by atoms with Crippen LogP contribution in [0.15, 0.2) is 0 Å². The predicted octanol–water partition coefficient (Wildman–Crippen LogP) is 3.99. The molecule has 0 saturated carbocycles. The summed E-state index contributed by atoms with van der Waals surface area (Å²) in [6, 6.07) is 0. The Morgan fingerprint density at radius 1 is 0.750 bits per heavy atom. The summed E-state index contributed by atoms with van der Waals surface area (Å²) in [5, 5.41) is 2.80.